The van der Waals surface area contributed by atoms with Gasteiger partial charge in [0.25, 0.3) is 5.91 Å². The lowest BCUT2D eigenvalue weighted by atomic mass is 10.2. The van der Waals surface area contributed by atoms with Crippen LogP contribution >= 0.6 is 0 Å². The van der Waals surface area contributed by atoms with Gasteiger partial charge in [0.2, 0.25) is 0 Å². The molecular weight excluding hydrogens is 341 g/mol. The zero-order valence-corrected chi connectivity index (χ0v) is 13.9. The molecule has 0 unspecified atom stereocenters. The standard InChI is InChI=1S/C18H18FN3O4/c19-13-4-2-12(3-5-13)18(20)22-26-11-17(23)21-14-6-7-15-16(10-14)25-9-1-8-24-15/h2-7,10H,1,8-9,11H2,(H2,20,22)(H,21,23). The van der Waals surface area contributed by atoms with Gasteiger partial charge in [0.15, 0.2) is 23.9 Å². The Bertz CT molecular complexity index is 809. The Morgan fingerprint density at radius 3 is 2.65 bits per heavy atom. The molecule has 26 heavy (non-hydrogen) atoms. The fourth-order valence-electron chi connectivity index (χ4n) is 2.27. The molecular formula is C18H18FN3O4. The quantitative estimate of drug-likeness (QED) is 0.485. The maximum atomic E-state index is 12.9. The van der Waals surface area contributed by atoms with Gasteiger partial charge in [-0.2, -0.15) is 0 Å². The van der Waals surface area contributed by atoms with Gasteiger partial charge in [0.1, 0.15) is 5.82 Å². The number of nitrogens with one attached hydrogen (secondary N) is 1. The average molecular weight is 359 g/mol. The molecule has 0 saturated carbocycles. The van der Waals surface area contributed by atoms with E-state index in [0.717, 1.165) is 6.42 Å². The Balaban J connectivity index is 1.53. The SMILES string of the molecule is N/C(=N\OCC(=O)Nc1ccc2c(c1)OCCCO2)c1ccc(F)cc1. The van der Waals surface area contributed by atoms with E-state index in [9.17, 15) is 9.18 Å². The van der Waals surface area contributed by atoms with Crippen LogP contribution in [0.3, 0.4) is 0 Å². The normalized spacial score (nSPS) is 13.7. The van der Waals surface area contributed by atoms with Crippen molar-refractivity contribution in [2.24, 2.45) is 10.9 Å². The summed E-state index contributed by atoms with van der Waals surface area (Å²) in [5.41, 5.74) is 6.76. The summed E-state index contributed by atoms with van der Waals surface area (Å²) < 4.78 is 24.0. The third-order valence-corrected chi connectivity index (χ3v) is 3.53. The minimum atomic E-state index is -0.407. The molecule has 2 aromatic rings. The number of oxime groups is 1. The third kappa shape index (κ3) is 4.62. The molecule has 0 spiro atoms. The van der Waals surface area contributed by atoms with Gasteiger partial charge in [-0.3, -0.25) is 4.79 Å². The van der Waals surface area contributed by atoms with Gasteiger partial charge in [0.05, 0.1) is 13.2 Å². The summed E-state index contributed by atoms with van der Waals surface area (Å²) in [4.78, 5) is 16.9. The van der Waals surface area contributed by atoms with Gasteiger partial charge in [-0.1, -0.05) is 5.16 Å². The summed E-state index contributed by atoms with van der Waals surface area (Å²) in [6.07, 6.45) is 0.803. The molecule has 0 radical (unpaired) electrons. The molecule has 7 nitrogen and oxygen atoms in total. The van der Waals surface area contributed by atoms with Crippen LogP contribution in [0, 0.1) is 5.82 Å². The molecule has 0 atom stereocenters. The second kappa shape index (κ2) is 8.19. The molecule has 0 saturated heterocycles. The number of nitrogens with zero attached hydrogens (tertiary/aromatic N) is 1. The second-order valence-electron chi connectivity index (χ2n) is 5.52. The number of benzene rings is 2. The van der Waals surface area contributed by atoms with Gasteiger partial charge in [-0.05, 0) is 36.4 Å². The van der Waals surface area contributed by atoms with Crippen LogP contribution < -0.4 is 20.5 Å². The number of fused-ring (bicyclic) bond motifs is 1. The van der Waals surface area contributed by atoms with Crippen molar-refractivity contribution in [2.75, 3.05) is 25.1 Å². The monoisotopic (exact) mass is 359 g/mol. The van der Waals surface area contributed by atoms with E-state index in [4.69, 9.17) is 20.0 Å². The van der Waals surface area contributed by atoms with E-state index < -0.39 is 5.91 Å². The molecule has 0 aliphatic carbocycles. The predicted octanol–water partition coefficient (Wildman–Crippen LogP) is 2.26. The van der Waals surface area contributed by atoms with E-state index in [1.165, 1.54) is 24.3 Å². The number of hydrogen-bond donors (Lipinski definition) is 2. The number of carbonyl (C=O) groups is 1. The second-order valence-corrected chi connectivity index (χ2v) is 5.52. The summed E-state index contributed by atoms with van der Waals surface area (Å²) >= 11 is 0. The lowest BCUT2D eigenvalue weighted by Gasteiger charge is -2.10. The molecule has 0 aromatic heterocycles. The van der Waals surface area contributed by atoms with Crippen LogP contribution in [0.2, 0.25) is 0 Å². The number of rotatable bonds is 5. The van der Waals surface area contributed by atoms with Crippen molar-refractivity contribution in [3.8, 4) is 11.5 Å². The van der Waals surface area contributed by atoms with Crippen LogP contribution in [0.25, 0.3) is 0 Å². The molecule has 1 amide bonds. The minimum Gasteiger partial charge on any atom is -0.490 e. The number of carbonyl (C=O) groups excluding carboxylic acids is 1. The smallest absolute Gasteiger partial charge is 0.265 e. The van der Waals surface area contributed by atoms with Gasteiger partial charge >= 0.3 is 0 Å². The summed E-state index contributed by atoms with van der Waals surface area (Å²) in [6, 6.07) is 10.6. The Morgan fingerprint density at radius 1 is 1.15 bits per heavy atom. The number of halogens is 1. The topological polar surface area (TPSA) is 95.2 Å². The fourth-order valence-corrected chi connectivity index (χ4v) is 2.27. The van der Waals surface area contributed by atoms with E-state index in [1.807, 2.05) is 0 Å². The molecule has 8 heteroatoms. The highest BCUT2D eigenvalue weighted by Gasteiger charge is 2.12. The van der Waals surface area contributed by atoms with Gasteiger partial charge in [-0.15, -0.1) is 0 Å². The highest BCUT2D eigenvalue weighted by atomic mass is 19.1. The molecule has 0 bridgehead atoms. The molecule has 1 heterocycles. The van der Waals surface area contributed by atoms with Crippen LogP contribution in [0.4, 0.5) is 10.1 Å². The Hall–Kier alpha value is -3.29. The molecule has 2 aromatic carbocycles. The van der Waals surface area contributed by atoms with Gasteiger partial charge < -0.3 is 25.4 Å². The highest BCUT2D eigenvalue weighted by Crippen LogP contribution is 2.32. The number of amidine groups is 1. The maximum absolute atomic E-state index is 12.9. The molecule has 1 aliphatic heterocycles. The number of amides is 1. The lowest BCUT2D eigenvalue weighted by Crippen LogP contribution is -2.19. The molecule has 3 N–H and O–H groups in total. The minimum absolute atomic E-state index is 0.0494. The van der Waals surface area contributed by atoms with E-state index in [-0.39, 0.29) is 18.3 Å². The average Bonchev–Trinajstić information content (AvgIpc) is 2.87. The van der Waals surface area contributed by atoms with Crippen molar-refractivity contribution in [3.05, 3.63) is 53.8 Å². The summed E-state index contributed by atoms with van der Waals surface area (Å²) in [5.74, 6) is 0.494. The summed E-state index contributed by atoms with van der Waals surface area (Å²) in [7, 11) is 0. The van der Waals surface area contributed by atoms with Crippen molar-refractivity contribution in [1.29, 1.82) is 0 Å². The van der Waals surface area contributed by atoms with Crippen LogP contribution in [0.5, 0.6) is 11.5 Å². The van der Waals surface area contributed by atoms with E-state index in [1.54, 1.807) is 18.2 Å². The van der Waals surface area contributed by atoms with Crippen LogP contribution in [0.1, 0.15) is 12.0 Å². The van der Waals surface area contributed by atoms with E-state index in [0.29, 0.717) is 36.0 Å². The molecule has 3 rings (SSSR count). The van der Waals surface area contributed by atoms with Crippen molar-refractivity contribution in [2.45, 2.75) is 6.42 Å². The first-order valence-electron chi connectivity index (χ1n) is 8.03. The first-order chi connectivity index (χ1) is 12.6. The van der Waals surface area contributed by atoms with Crippen LogP contribution in [0.15, 0.2) is 47.6 Å². The van der Waals surface area contributed by atoms with Crippen molar-refractivity contribution in [1.82, 2.24) is 0 Å². The Morgan fingerprint density at radius 2 is 1.88 bits per heavy atom. The van der Waals surface area contributed by atoms with E-state index >= 15 is 0 Å². The number of anilines is 1. The van der Waals surface area contributed by atoms with Gasteiger partial charge in [0, 0.05) is 23.7 Å². The zero-order chi connectivity index (χ0) is 18.4. The van der Waals surface area contributed by atoms with E-state index in [2.05, 4.69) is 10.5 Å². The molecule has 136 valence electrons. The predicted molar refractivity (Wildman–Crippen MR) is 93.8 cm³/mol. The first kappa shape index (κ1) is 17.5. The fraction of sp³-hybridized carbons (Fsp3) is 0.222. The first-order valence-corrected chi connectivity index (χ1v) is 8.03. The maximum Gasteiger partial charge on any atom is 0.265 e. The largest absolute Gasteiger partial charge is 0.490 e. The van der Waals surface area contributed by atoms with Crippen molar-refractivity contribution < 1.29 is 23.5 Å². The highest BCUT2D eigenvalue weighted by molar-refractivity contribution is 5.97. The van der Waals surface area contributed by atoms with Gasteiger partial charge in [-0.25, -0.2) is 4.39 Å². The van der Waals surface area contributed by atoms with Crippen molar-refractivity contribution >= 4 is 17.4 Å². The van der Waals surface area contributed by atoms with Crippen LogP contribution in [-0.2, 0) is 9.63 Å². The van der Waals surface area contributed by atoms with Crippen LogP contribution in [-0.4, -0.2) is 31.6 Å². The number of hydrogen-bond acceptors (Lipinski definition) is 5. The molecule has 0 fully saturated rings. The molecule has 1 aliphatic rings. The lowest BCUT2D eigenvalue weighted by molar-refractivity contribution is -0.120. The number of ether oxygens (including phenoxy) is 2. The zero-order valence-electron chi connectivity index (χ0n) is 13.9. The number of nitrogens with two attached hydrogens (primary N) is 1. The summed E-state index contributed by atoms with van der Waals surface area (Å²) in [6.45, 7) is 0.835. The Labute approximate surface area is 149 Å². The summed E-state index contributed by atoms with van der Waals surface area (Å²) in [5, 5.41) is 6.33. The Kier molecular flexibility index (Phi) is 5.52. The third-order valence-electron chi connectivity index (χ3n) is 3.53. The van der Waals surface area contributed by atoms with Crippen molar-refractivity contribution in [3.63, 3.8) is 0 Å².